The van der Waals surface area contributed by atoms with Gasteiger partial charge in [-0.3, -0.25) is 4.79 Å². The lowest BCUT2D eigenvalue weighted by Gasteiger charge is -2.18. The molecule has 35 heavy (non-hydrogen) atoms. The third kappa shape index (κ3) is 5.45. The van der Waals surface area contributed by atoms with Gasteiger partial charge in [-0.15, -0.1) is 0 Å². The van der Waals surface area contributed by atoms with E-state index in [1.165, 1.54) is 0 Å². The van der Waals surface area contributed by atoms with E-state index in [-0.39, 0.29) is 5.91 Å². The molecule has 0 saturated carbocycles. The predicted octanol–water partition coefficient (Wildman–Crippen LogP) is 6.18. The summed E-state index contributed by atoms with van der Waals surface area (Å²) >= 11 is 12.6. The van der Waals surface area contributed by atoms with Crippen molar-refractivity contribution in [1.82, 2.24) is 14.7 Å². The molecule has 1 heterocycles. The molecule has 3 aromatic carbocycles. The molecule has 0 unspecified atom stereocenters. The lowest BCUT2D eigenvalue weighted by Crippen LogP contribution is -2.30. The highest BCUT2D eigenvalue weighted by molar-refractivity contribution is 6.33. The first kappa shape index (κ1) is 24.6. The fourth-order valence-corrected chi connectivity index (χ4v) is 4.19. The van der Waals surface area contributed by atoms with Crippen LogP contribution in [0.2, 0.25) is 10.0 Å². The summed E-state index contributed by atoms with van der Waals surface area (Å²) in [5.41, 5.74) is 3.48. The topological polar surface area (TPSA) is 56.6 Å². The lowest BCUT2D eigenvalue weighted by atomic mass is 10.1. The number of nitrogens with zero attached hydrogens (tertiary/aromatic N) is 3. The Labute approximate surface area is 214 Å². The molecule has 4 aromatic rings. The molecule has 8 heteroatoms. The van der Waals surface area contributed by atoms with E-state index in [1.807, 2.05) is 48.5 Å². The lowest BCUT2D eigenvalue weighted by molar-refractivity contribution is 0.0787. The summed E-state index contributed by atoms with van der Waals surface area (Å²) < 4.78 is 12.3. The Morgan fingerprint density at radius 1 is 0.943 bits per heavy atom. The second-order valence-corrected chi connectivity index (χ2v) is 8.80. The second-order valence-electron chi connectivity index (χ2n) is 7.95. The molecule has 180 valence electrons. The molecule has 0 bridgehead atoms. The van der Waals surface area contributed by atoms with E-state index in [0.29, 0.717) is 51.6 Å². The molecule has 0 spiro atoms. The molecule has 1 amide bonds. The van der Waals surface area contributed by atoms with Gasteiger partial charge in [-0.2, -0.15) is 5.10 Å². The van der Waals surface area contributed by atoms with Gasteiger partial charge in [0.05, 0.1) is 30.6 Å². The summed E-state index contributed by atoms with van der Waals surface area (Å²) in [5.74, 6) is 1.15. The summed E-state index contributed by atoms with van der Waals surface area (Å²) in [5, 5.41) is 5.82. The second kappa shape index (κ2) is 10.8. The van der Waals surface area contributed by atoms with Crippen LogP contribution in [0.1, 0.15) is 16.1 Å². The van der Waals surface area contributed by atoms with Gasteiger partial charge in [0.15, 0.2) is 11.5 Å². The first-order valence-corrected chi connectivity index (χ1v) is 11.7. The van der Waals surface area contributed by atoms with E-state index in [4.69, 9.17) is 37.8 Å². The van der Waals surface area contributed by atoms with Crippen LogP contribution in [0.5, 0.6) is 11.5 Å². The SMILES string of the molecule is COc1ccc(CCN(C)C(=O)c2cc(-c3ccccc3Cl)nn2-c2cccc(Cl)c2)cc1OC. The molecule has 1 aromatic heterocycles. The van der Waals surface area contributed by atoms with Crippen molar-refractivity contribution >= 4 is 29.1 Å². The summed E-state index contributed by atoms with van der Waals surface area (Å²) in [7, 11) is 4.97. The number of halogens is 2. The van der Waals surface area contributed by atoms with Crippen LogP contribution in [0.4, 0.5) is 0 Å². The first-order chi connectivity index (χ1) is 16.9. The van der Waals surface area contributed by atoms with Crippen LogP contribution >= 0.6 is 23.2 Å². The minimum Gasteiger partial charge on any atom is -0.493 e. The van der Waals surface area contributed by atoms with Crippen molar-refractivity contribution in [3.63, 3.8) is 0 Å². The number of methoxy groups -OCH3 is 2. The van der Waals surface area contributed by atoms with Crippen molar-refractivity contribution in [2.45, 2.75) is 6.42 Å². The van der Waals surface area contributed by atoms with Crippen molar-refractivity contribution in [2.24, 2.45) is 0 Å². The molecule has 0 N–H and O–H groups in total. The third-order valence-electron chi connectivity index (χ3n) is 5.66. The Balaban J connectivity index is 1.63. The number of benzene rings is 3. The Morgan fingerprint density at radius 3 is 2.43 bits per heavy atom. The van der Waals surface area contributed by atoms with E-state index >= 15 is 0 Å². The molecule has 0 saturated heterocycles. The largest absolute Gasteiger partial charge is 0.493 e. The number of aromatic nitrogens is 2. The molecule has 0 aliphatic carbocycles. The van der Waals surface area contributed by atoms with E-state index < -0.39 is 0 Å². The van der Waals surface area contributed by atoms with E-state index in [2.05, 4.69) is 0 Å². The quantitative estimate of drug-likeness (QED) is 0.284. The standard InChI is InChI=1S/C27H25Cl2N3O3/c1-31(14-13-18-11-12-25(34-2)26(15-18)35-3)27(33)24-17-23(21-9-4-5-10-22(21)29)30-32(24)20-8-6-7-19(28)16-20/h4-12,15-17H,13-14H2,1-3H3. The number of carbonyl (C=O) groups excluding carboxylic acids is 1. The normalized spacial score (nSPS) is 10.8. The van der Waals surface area contributed by atoms with Crippen LogP contribution in [0, 0.1) is 0 Å². The summed E-state index contributed by atoms with van der Waals surface area (Å²) in [6.07, 6.45) is 0.644. The highest BCUT2D eigenvalue weighted by Gasteiger charge is 2.22. The van der Waals surface area contributed by atoms with Crippen molar-refractivity contribution in [3.8, 4) is 28.4 Å². The average molecular weight is 510 g/mol. The Kier molecular flexibility index (Phi) is 7.63. The molecule has 0 fully saturated rings. The van der Waals surface area contributed by atoms with Gasteiger partial charge in [-0.05, 0) is 54.4 Å². The Bertz CT molecular complexity index is 1350. The van der Waals surface area contributed by atoms with E-state index in [9.17, 15) is 4.79 Å². The van der Waals surface area contributed by atoms with E-state index in [0.717, 1.165) is 11.1 Å². The van der Waals surface area contributed by atoms with Gasteiger partial charge >= 0.3 is 0 Å². The van der Waals surface area contributed by atoms with Crippen LogP contribution in [-0.2, 0) is 6.42 Å². The smallest absolute Gasteiger partial charge is 0.272 e. The minimum atomic E-state index is -0.170. The first-order valence-electron chi connectivity index (χ1n) is 11.0. The minimum absolute atomic E-state index is 0.170. The molecule has 0 aliphatic rings. The van der Waals surface area contributed by atoms with Gasteiger partial charge in [-0.1, -0.05) is 53.5 Å². The van der Waals surface area contributed by atoms with Gasteiger partial charge in [-0.25, -0.2) is 4.68 Å². The van der Waals surface area contributed by atoms with Crippen molar-refractivity contribution in [1.29, 1.82) is 0 Å². The molecule has 0 aliphatic heterocycles. The number of amides is 1. The fourth-order valence-electron chi connectivity index (χ4n) is 3.77. The van der Waals surface area contributed by atoms with Gasteiger partial charge in [0.25, 0.3) is 5.91 Å². The maximum Gasteiger partial charge on any atom is 0.272 e. The maximum absolute atomic E-state index is 13.6. The van der Waals surface area contributed by atoms with Crippen molar-refractivity contribution in [2.75, 3.05) is 27.8 Å². The van der Waals surface area contributed by atoms with Crippen LogP contribution in [0.3, 0.4) is 0 Å². The van der Waals surface area contributed by atoms with Gasteiger partial charge in [0.2, 0.25) is 0 Å². The zero-order chi connectivity index (χ0) is 24.9. The summed E-state index contributed by atoms with van der Waals surface area (Å²) in [4.78, 5) is 15.2. The zero-order valence-corrected chi connectivity index (χ0v) is 21.2. The highest BCUT2D eigenvalue weighted by atomic mass is 35.5. The Morgan fingerprint density at radius 2 is 1.71 bits per heavy atom. The van der Waals surface area contributed by atoms with Gasteiger partial charge in [0, 0.05) is 24.2 Å². The van der Waals surface area contributed by atoms with Crippen molar-refractivity contribution in [3.05, 3.63) is 94.1 Å². The Hall–Kier alpha value is -3.48. The molecular weight excluding hydrogens is 485 g/mol. The van der Waals surface area contributed by atoms with Crippen LogP contribution < -0.4 is 9.47 Å². The van der Waals surface area contributed by atoms with Crippen LogP contribution in [-0.4, -0.2) is 48.4 Å². The number of likely N-dealkylation sites (N-methyl/N-ethyl adjacent to an activating group) is 1. The number of rotatable bonds is 8. The number of hydrogen-bond acceptors (Lipinski definition) is 4. The van der Waals surface area contributed by atoms with Gasteiger partial charge < -0.3 is 14.4 Å². The number of ether oxygens (including phenoxy) is 2. The van der Waals surface area contributed by atoms with E-state index in [1.54, 1.807) is 55.1 Å². The number of carbonyl (C=O) groups is 1. The predicted molar refractivity (Wildman–Crippen MR) is 139 cm³/mol. The molecule has 0 atom stereocenters. The van der Waals surface area contributed by atoms with Crippen LogP contribution in [0.25, 0.3) is 16.9 Å². The average Bonchev–Trinajstić information content (AvgIpc) is 3.32. The monoisotopic (exact) mass is 509 g/mol. The zero-order valence-electron chi connectivity index (χ0n) is 19.7. The summed E-state index contributed by atoms with van der Waals surface area (Å²) in [6.45, 7) is 0.496. The van der Waals surface area contributed by atoms with Crippen LogP contribution in [0.15, 0.2) is 72.8 Å². The van der Waals surface area contributed by atoms with Crippen molar-refractivity contribution < 1.29 is 14.3 Å². The number of hydrogen-bond donors (Lipinski definition) is 0. The maximum atomic E-state index is 13.6. The molecular formula is C27H25Cl2N3O3. The molecule has 4 rings (SSSR count). The molecule has 6 nitrogen and oxygen atoms in total. The third-order valence-corrected chi connectivity index (χ3v) is 6.23. The molecule has 0 radical (unpaired) electrons. The van der Waals surface area contributed by atoms with Gasteiger partial charge in [0.1, 0.15) is 5.69 Å². The fraction of sp³-hybridized carbons (Fsp3) is 0.185. The highest BCUT2D eigenvalue weighted by Crippen LogP contribution is 2.30. The summed E-state index contributed by atoms with van der Waals surface area (Å²) in [6, 6.07) is 22.1.